The Morgan fingerprint density at radius 3 is 2.91 bits per heavy atom. The Bertz CT molecular complexity index is 683. The van der Waals surface area contributed by atoms with Crippen molar-refractivity contribution in [3.8, 4) is 0 Å². The summed E-state index contributed by atoms with van der Waals surface area (Å²) >= 11 is 0. The Kier molecular flexibility index (Phi) is 4.43. The zero-order valence-electron chi connectivity index (χ0n) is 12.9. The van der Waals surface area contributed by atoms with E-state index in [1.54, 1.807) is 19.4 Å². The highest BCUT2D eigenvalue weighted by atomic mass is 19.1. The number of aryl methyl sites for hydroxylation is 1. The van der Waals surface area contributed by atoms with Crippen LogP contribution in [0.3, 0.4) is 0 Å². The Balaban J connectivity index is 1.60. The smallest absolute Gasteiger partial charge is 0.223 e. The van der Waals surface area contributed by atoms with E-state index in [9.17, 15) is 14.3 Å². The predicted octanol–water partition coefficient (Wildman–Crippen LogP) is 1.82. The molecule has 0 radical (unpaired) electrons. The third kappa shape index (κ3) is 3.42. The molecule has 0 bridgehead atoms. The molecule has 122 valence electrons. The molecule has 0 spiro atoms. The fourth-order valence-corrected chi connectivity index (χ4v) is 2.96. The third-order valence-corrected chi connectivity index (χ3v) is 4.40. The molecular weight excluding hydrogens is 297 g/mol. The molecule has 0 saturated heterocycles. The molecule has 1 aromatic carbocycles. The number of amides is 1. The molecule has 2 aromatic rings. The molecule has 0 aliphatic carbocycles. The number of aliphatic hydroxyl groups excluding tert-OH is 1. The molecule has 0 saturated carbocycles. The molecule has 2 N–H and O–H groups in total. The second-order valence-electron chi connectivity index (χ2n) is 6.06. The highest BCUT2D eigenvalue weighted by Gasteiger charge is 2.27. The molecule has 1 aliphatic heterocycles. The number of aliphatic hydroxyl groups is 1. The first-order chi connectivity index (χ1) is 11.0. The van der Waals surface area contributed by atoms with Crippen LogP contribution >= 0.6 is 0 Å². The van der Waals surface area contributed by atoms with E-state index in [4.69, 9.17) is 0 Å². The van der Waals surface area contributed by atoms with Crippen molar-refractivity contribution >= 4 is 5.91 Å². The Hall–Kier alpha value is -2.21. The number of hydrogen-bond acceptors (Lipinski definition) is 3. The molecule has 1 aliphatic rings. The fourth-order valence-electron chi connectivity index (χ4n) is 2.96. The topological polar surface area (TPSA) is 67.2 Å². The van der Waals surface area contributed by atoms with Gasteiger partial charge in [0.2, 0.25) is 5.91 Å². The van der Waals surface area contributed by atoms with E-state index in [0.717, 1.165) is 18.7 Å². The minimum Gasteiger partial charge on any atom is -0.386 e. The van der Waals surface area contributed by atoms with Crippen molar-refractivity contribution < 1.29 is 14.3 Å². The van der Waals surface area contributed by atoms with E-state index in [-0.39, 0.29) is 17.6 Å². The molecule has 1 amide bonds. The number of rotatable bonds is 4. The summed E-state index contributed by atoms with van der Waals surface area (Å²) in [5.41, 5.74) is 1.64. The largest absolute Gasteiger partial charge is 0.386 e. The minimum absolute atomic E-state index is 0.0638. The van der Waals surface area contributed by atoms with E-state index in [0.29, 0.717) is 12.0 Å². The summed E-state index contributed by atoms with van der Waals surface area (Å²) in [6.45, 7) is 2.53. The van der Waals surface area contributed by atoms with Crippen molar-refractivity contribution in [1.82, 2.24) is 14.9 Å². The lowest BCUT2D eigenvalue weighted by Crippen LogP contribution is -2.42. The number of aromatic nitrogens is 2. The summed E-state index contributed by atoms with van der Waals surface area (Å²) < 4.78 is 15.0. The molecule has 1 aromatic heterocycles. The van der Waals surface area contributed by atoms with Gasteiger partial charge in [-0.25, -0.2) is 9.37 Å². The normalized spacial score (nSPS) is 19.7. The quantitative estimate of drug-likeness (QED) is 0.904. The molecule has 0 fully saturated rings. The number of benzene rings is 1. The van der Waals surface area contributed by atoms with Gasteiger partial charge in [0.25, 0.3) is 0 Å². The van der Waals surface area contributed by atoms with Crippen LogP contribution in [-0.2, 0) is 17.8 Å². The highest BCUT2D eigenvalue weighted by Crippen LogP contribution is 2.22. The summed E-state index contributed by atoms with van der Waals surface area (Å²) in [5, 5.41) is 13.2. The van der Waals surface area contributed by atoms with Gasteiger partial charge in [-0.2, -0.15) is 0 Å². The van der Waals surface area contributed by atoms with Gasteiger partial charge in [-0.05, 0) is 31.0 Å². The lowest BCUT2D eigenvalue weighted by molar-refractivity contribution is -0.127. The van der Waals surface area contributed by atoms with E-state index in [1.807, 2.05) is 0 Å². The SMILES string of the molecule is CC(NC(=O)C1CCn2cncc2C1)C(O)c1ccc(F)cc1. The van der Waals surface area contributed by atoms with Gasteiger partial charge in [-0.3, -0.25) is 4.79 Å². The lowest BCUT2D eigenvalue weighted by atomic mass is 9.94. The molecule has 6 heteroatoms. The zero-order chi connectivity index (χ0) is 16.4. The molecular formula is C17H20FN3O2. The van der Waals surface area contributed by atoms with Crippen LogP contribution in [-0.4, -0.2) is 26.6 Å². The maximum Gasteiger partial charge on any atom is 0.223 e. The van der Waals surface area contributed by atoms with Gasteiger partial charge in [0, 0.05) is 30.8 Å². The summed E-state index contributed by atoms with van der Waals surface area (Å²) in [7, 11) is 0. The van der Waals surface area contributed by atoms with E-state index in [2.05, 4.69) is 14.9 Å². The highest BCUT2D eigenvalue weighted by molar-refractivity contribution is 5.79. The van der Waals surface area contributed by atoms with Crippen LogP contribution in [0.4, 0.5) is 4.39 Å². The fraction of sp³-hybridized carbons (Fsp3) is 0.412. The lowest BCUT2D eigenvalue weighted by Gasteiger charge is -2.26. The van der Waals surface area contributed by atoms with Gasteiger partial charge in [-0.15, -0.1) is 0 Å². The molecule has 3 unspecified atom stereocenters. The number of carbonyl (C=O) groups is 1. The van der Waals surface area contributed by atoms with Gasteiger partial charge in [-0.1, -0.05) is 12.1 Å². The van der Waals surface area contributed by atoms with Crippen molar-refractivity contribution in [1.29, 1.82) is 0 Å². The van der Waals surface area contributed by atoms with Gasteiger partial charge in [0.05, 0.1) is 18.5 Å². The number of nitrogens with zero attached hydrogens (tertiary/aromatic N) is 2. The monoisotopic (exact) mass is 317 g/mol. The average molecular weight is 317 g/mol. The van der Waals surface area contributed by atoms with Gasteiger partial charge in [0.15, 0.2) is 0 Å². The Morgan fingerprint density at radius 2 is 2.17 bits per heavy atom. The molecule has 23 heavy (non-hydrogen) atoms. The zero-order valence-corrected chi connectivity index (χ0v) is 12.9. The predicted molar refractivity (Wildman–Crippen MR) is 83.0 cm³/mol. The van der Waals surface area contributed by atoms with Crippen molar-refractivity contribution in [2.75, 3.05) is 0 Å². The van der Waals surface area contributed by atoms with Crippen molar-refractivity contribution in [3.63, 3.8) is 0 Å². The van der Waals surface area contributed by atoms with E-state index < -0.39 is 12.1 Å². The molecule has 5 nitrogen and oxygen atoms in total. The maximum atomic E-state index is 12.9. The van der Waals surface area contributed by atoms with Crippen LogP contribution in [0, 0.1) is 11.7 Å². The third-order valence-electron chi connectivity index (χ3n) is 4.40. The molecule has 3 rings (SSSR count). The summed E-state index contributed by atoms with van der Waals surface area (Å²) in [5.74, 6) is -0.523. The number of imidazole rings is 1. The number of fused-ring (bicyclic) bond motifs is 1. The second kappa shape index (κ2) is 6.50. The molecule has 2 heterocycles. The van der Waals surface area contributed by atoms with Crippen LogP contribution in [0.15, 0.2) is 36.8 Å². The summed E-state index contributed by atoms with van der Waals surface area (Å²) in [4.78, 5) is 16.5. The second-order valence-corrected chi connectivity index (χ2v) is 6.06. The number of halogens is 1. The summed E-state index contributed by atoms with van der Waals surface area (Å²) in [6.07, 6.45) is 4.12. The van der Waals surface area contributed by atoms with Crippen molar-refractivity contribution in [3.05, 3.63) is 53.9 Å². The standard InChI is InChI=1S/C17H20FN3O2/c1-11(16(22)12-2-4-14(18)5-3-12)20-17(23)13-6-7-21-10-19-9-15(21)8-13/h2-5,9-11,13,16,22H,6-8H2,1H3,(H,20,23). The van der Waals surface area contributed by atoms with Gasteiger partial charge >= 0.3 is 0 Å². The first-order valence-electron chi connectivity index (χ1n) is 7.77. The maximum absolute atomic E-state index is 12.9. The van der Waals surface area contributed by atoms with Crippen LogP contribution in [0.25, 0.3) is 0 Å². The average Bonchev–Trinajstić information content (AvgIpc) is 3.02. The molecule has 3 atom stereocenters. The van der Waals surface area contributed by atoms with E-state index in [1.165, 1.54) is 24.3 Å². The first-order valence-corrected chi connectivity index (χ1v) is 7.77. The Morgan fingerprint density at radius 1 is 1.43 bits per heavy atom. The minimum atomic E-state index is -0.867. The van der Waals surface area contributed by atoms with Crippen LogP contribution < -0.4 is 5.32 Å². The van der Waals surface area contributed by atoms with Gasteiger partial charge < -0.3 is 15.0 Å². The van der Waals surface area contributed by atoms with Gasteiger partial charge in [0.1, 0.15) is 5.82 Å². The number of nitrogens with one attached hydrogen (secondary N) is 1. The van der Waals surface area contributed by atoms with E-state index >= 15 is 0 Å². The van der Waals surface area contributed by atoms with Crippen LogP contribution in [0.1, 0.15) is 30.7 Å². The number of hydrogen-bond donors (Lipinski definition) is 2. The van der Waals surface area contributed by atoms with Crippen molar-refractivity contribution in [2.24, 2.45) is 5.92 Å². The number of carbonyl (C=O) groups excluding carboxylic acids is 1. The van der Waals surface area contributed by atoms with Crippen LogP contribution in [0.2, 0.25) is 0 Å². The Labute approximate surface area is 134 Å². The van der Waals surface area contributed by atoms with Crippen LogP contribution in [0.5, 0.6) is 0 Å². The summed E-state index contributed by atoms with van der Waals surface area (Å²) in [6, 6.07) is 5.22. The van der Waals surface area contributed by atoms with Crippen molar-refractivity contribution in [2.45, 2.75) is 38.5 Å². The first kappa shape index (κ1) is 15.7.